The number of allylic oxidation sites excluding steroid dienone is 3. The van der Waals surface area contributed by atoms with Crippen molar-refractivity contribution in [1.82, 2.24) is 9.97 Å². The Morgan fingerprint density at radius 2 is 1.56 bits per heavy atom. The topological polar surface area (TPSA) is 126 Å². The van der Waals surface area contributed by atoms with Crippen molar-refractivity contribution in [2.24, 2.45) is 0 Å². The number of hydrogen-bond acceptors (Lipinski definition) is 5. The number of aldehydes is 1. The number of nitrogens with zero attached hydrogens (tertiary/aromatic N) is 1. The van der Waals surface area contributed by atoms with Gasteiger partial charge in [0.15, 0.2) is 0 Å². The Morgan fingerprint density at radius 1 is 1.00 bits per heavy atom. The SMILES string of the molecule is CC(C=O)=Cc1ccc(C=C(C)C=Cc2[nH]c(=O)[nH]c(=O)c2[N+](=O)[O-])cc1. The van der Waals surface area contributed by atoms with E-state index in [1.165, 1.54) is 6.08 Å². The largest absolute Gasteiger partial charge is 0.357 e. The van der Waals surface area contributed by atoms with E-state index in [0.717, 1.165) is 23.0 Å². The molecule has 2 aromatic rings. The smallest absolute Gasteiger partial charge is 0.301 e. The molecule has 0 radical (unpaired) electrons. The summed E-state index contributed by atoms with van der Waals surface area (Å²) in [4.78, 5) is 47.8. The first-order chi connectivity index (χ1) is 12.8. The summed E-state index contributed by atoms with van der Waals surface area (Å²) in [5.74, 6) is 0. The molecule has 2 N–H and O–H groups in total. The molecular formula is C19H17N3O5. The summed E-state index contributed by atoms with van der Waals surface area (Å²) < 4.78 is 0. The fourth-order valence-electron chi connectivity index (χ4n) is 2.31. The summed E-state index contributed by atoms with van der Waals surface area (Å²) in [6.07, 6.45) is 7.23. The zero-order valence-corrected chi connectivity index (χ0v) is 14.7. The third kappa shape index (κ3) is 5.33. The molecular weight excluding hydrogens is 350 g/mol. The van der Waals surface area contributed by atoms with Crippen molar-refractivity contribution >= 4 is 30.2 Å². The summed E-state index contributed by atoms with van der Waals surface area (Å²) in [6.45, 7) is 3.49. The van der Waals surface area contributed by atoms with Crippen LogP contribution in [0.25, 0.3) is 18.2 Å². The maximum atomic E-state index is 11.6. The van der Waals surface area contributed by atoms with E-state index in [2.05, 4.69) is 4.98 Å². The van der Waals surface area contributed by atoms with E-state index >= 15 is 0 Å². The third-order valence-electron chi connectivity index (χ3n) is 3.55. The van der Waals surface area contributed by atoms with Gasteiger partial charge in [0.1, 0.15) is 12.0 Å². The van der Waals surface area contributed by atoms with Gasteiger partial charge in [0.25, 0.3) is 0 Å². The molecule has 0 saturated carbocycles. The molecule has 0 atom stereocenters. The Bertz CT molecular complexity index is 1070. The van der Waals surface area contributed by atoms with E-state index < -0.39 is 21.9 Å². The van der Waals surface area contributed by atoms with Crippen LogP contribution in [-0.2, 0) is 4.79 Å². The van der Waals surface area contributed by atoms with Crippen LogP contribution in [0.3, 0.4) is 0 Å². The minimum absolute atomic E-state index is 0.175. The number of aromatic amines is 2. The second kappa shape index (κ2) is 8.52. The van der Waals surface area contributed by atoms with E-state index in [9.17, 15) is 24.5 Å². The molecule has 8 heteroatoms. The van der Waals surface area contributed by atoms with Crippen LogP contribution in [0.15, 0.2) is 51.1 Å². The highest BCUT2D eigenvalue weighted by Gasteiger charge is 2.18. The van der Waals surface area contributed by atoms with Crippen LogP contribution >= 0.6 is 0 Å². The highest BCUT2D eigenvalue weighted by molar-refractivity contribution is 5.80. The van der Waals surface area contributed by atoms with E-state index in [0.29, 0.717) is 5.57 Å². The third-order valence-corrected chi connectivity index (χ3v) is 3.55. The zero-order valence-electron chi connectivity index (χ0n) is 14.7. The Hall–Kier alpha value is -3.81. The average Bonchev–Trinajstić information content (AvgIpc) is 2.60. The lowest BCUT2D eigenvalue weighted by Crippen LogP contribution is -2.25. The molecule has 8 nitrogen and oxygen atoms in total. The normalized spacial score (nSPS) is 12.4. The van der Waals surface area contributed by atoms with Gasteiger partial charge < -0.3 is 4.98 Å². The van der Waals surface area contributed by atoms with E-state index in [4.69, 9.17) is 0 Å². The van der Waals surface area contributed by atoms with E-state index in [1.54, 1.807) is 26.0 Å². The second-order valence-corrected chi connectivity index (χ2v) is 5.82. The van der Waals surface area contributed by atoms with Gasteiger partial charge in [-0.25, -0.2) is 4.79 Å². The minimum Gasteiger partial charge on any atom is -0.301 e. The monoisotopic (exact) mass is 367 g/mol. The van der Waals surface area contributed by atoms with Crippen molar-refractivity contribution in [3.8, 4) is 0 Å². The van der Waals surface area contributed by atoms with Gasteiger partial charge >= 0.3 is 16.9 Å². The quantitative estimate of drug-likeness (QED) is 0.267. The number of hydrogen-bond donors (Lipinski definition) is 2. The molecule has 0 fully saturated rings. The maximum Gasteiger partial charge on any atom is 0.357 e. The molecule has 0 aliphatic carbocycles. The Morgan fingerprint density at radius 3 is 2.07 bits per heavy atom. The minimum atomic E-state index is -1.06. The van der Waals surface area contributed by atoms with Gasteiger partial charge in [-0.05, 0) is 42.7 Å². The molecule has 0 bridgehead atoms. The van der Waals surface area contributed by atoms with Gasteiger partial charge in [0.05, 0.1) is 4.92 Å². The number of H-pyrrole nitrogens is 2. The number of carbonyl (C=O) groups is 1. The zero-order chi connectivity index (χ0) is 20.0. The van der Waals surface area contributed by atoms with Crippen LogP contribution in [0.1, 0.15) is 30.7 Å². The van der Waals surface area contributed by atoms with Crippen LogP contribution in [0.4, 0.5) is 5.69 Å². The summed E-state index contributed by atoms with van der Waals surface area (Å²) in [5, 5.41) is 11.0. The molecule has 138 valence electrons. The lowest BCUT2D eigenvalue weighted by Gasteiger charge is -1.99. The molecule has 0 spiro atoms. The highest BCUT2D eigenvalue weighted by atomic mass is 16.6. The summed E-state index contributed by atoms with van der Waals surface area (Å²) in [5.41, 5.74) is 0.365. The maximum absolute atomic E-state index is 11.6. The van der Waals surface area contributed by atoms with Crippen molar-refractivity contribution in [3.63, 3.8) is 0 Å². The second-order valence-electron chi connectivity index (χ2n) is 5.82. The molecule has 0 unspecified atom stereocenters. The first kappa shape index (κ1) is 19.5. The highest BCUT2D eigenvalue weighted by Crippen LogP contribution is 2.14. The fraction of sp³-hybridized carbons (Fsp3) is 0.105. The number of rotatable bonds is 6. The van der Waals surface area contributed by atoms with Gasteiger partial charge in [0.2, 0.25) is 0 Å². The van der Waals surface area contributed by atoms with Crippen molar-refractivity contribution in [2.75, 3.05) is 0 Å². The first-order valence-electron chi connectivity index (χ1n) is 7.91. The van der Waals surface area contributed by atoms with Gasteiger partial charge in [-0.1, -0.05) is 42.0 Å². The molecule has 1 heterocycles. The van der Waals surface area contributed by atoms with Crippen LogP contribution in [-0.4, -0.2) is 21.2 Å². The Balaban J connectivity index is 2.28. The number of nitrogens with one attached hydrogen (secondary N) is 2. The van der Waals surface area contributed by atoms with Crippen LogP contribution in [0.2, 0.25) is 0 Å². The number of benzene rings is 1. The fourth-order valence-corrected chi connectivity index (χ4v) is 2.31. The molecule has 0 saturated heterocycles. The van der Waals surface area contributed by atoms with Gasteiger partial charge in [0, 0.05) is 0 Å². The Kier molecular flexibility index (Phi) is 6.16. The van der Waals surface area contributed by atoms with Crippen LogP contribution < -0.4 is 11.2 Å². The summed E-state index contributed by atoms with van der Waals surface area (Å²) >= 11 is 0. The van der Waals surface area contributed by atoms with Crippen molar-refractivity contribution in [2.45, 2.75) is 13.8 Å². The van der Waals surface area contributed by atoms with Crippen LogP contribution in [0, 0.1) is 10.1 Å². The predicted molar refractivity (Wildman–Crippen MR) is 103 cm³/mol. The van der Waals surface area contributed by atoms with Gasteiger partial charge in [-0.2, -0.15) is 0 Å². The van der Waals surface area contributed by atoms with Gasteiger partial charge in [-0.3, -0.25) is 24.7 Å². The number of nitro groups is 1. The Labute approximate surface area is 153 Å². The first-order valence-corrected chi connectivity index (χ1v) is 7.91. The standard InChI is InChI=1S/C19H17N3O5/c1-12(9-14-4-6-15(7-5-14)10-13(2)11-23)3-8-16-17(22(26)27)18(24)21-19(25)20-16/h3-11H,1-2H3,(H2,20,21,24,25). The number of carbonyl (C=O) groups excluding carboxylic acids is 1. The molecule has 0 aliphatic heterocycles. The van der Waals surface area contributed by atoms with E-state index in [1.807, 2.05) is 35.3 Å². The summed E-state index contributed by atoms with van der Waals surface area (Å²) in [7, 11) is 0. The predicted octanol–water partition coefficient (Wildman–Crippen LogP) is 2.69. The van der Waals surface area contributed by atoms with Crippen molar-refractivity contribution in [3.05, 3.63) is 89.3 Å². The van der Waals surface area contributed by atoms with E-state index in [-0.39, 0.29) is 5.69 Å². The molecule has 1 aromatic carbocycles. The van der Waals surface area contributed by atoms with Gasteiger partial charge in [-0.15, -0.1) is 0 Å². The number of aromatic nitrogens is 2. The summed E-state index contributed by atoms with van der Waals surface area (Å²) in [6, 6.07) is 7.43. The molecule has 0 aliphatic rings. The average molecular weight is 367 g/mol. The molecule has 1 aromatic heterocycles. The molecule has 27 heavy (non-hydrogen) atoms. The van der Waals surface area contributed by atoms with Crippen molar-refractivity contribution in [1.29, 1.82) is 0 Å². The van der Waals surface area contributed by atoms with Crippen LogP contribution in [0.5, 0.6) is 0 Å². The molecule has 2 rings (SSSR count). The lowest BCUT2D eigenvalue weighted by atomic mass is 10.1. The molecule has 0 amide bonds. The van der Waals surface area contributed by atoms with Crippen molar-refractivity contribution < 1.29 is 9.72 Å². The lowest BCUT2D eigenvalue weighted by molar-refractivity contribution is -0.386.